The molecule has 2 heterocycles. The van der Waals surface area contributed by atoms with E-state index in [-0.39, 0.29) is 18.6 Å². The molecule has 1 saturated heterocycles. The Bertz CT molecular complexity index is 936. The maximum Gasteiger partial charge on any atom is 0.411 e. The molecule has 5 rings (SSSR count). The van der Waals surface area contributed by atoms with Gasteiger partial charge in [-0.3, -0.25) is 10.2 Å². The highest BCUT2D eigenvalue weighted by molar-refractivity contribution is 5.87. The summed E-state index contributed by atoms with van der Waals surface area (Å²) in [6, 6.07) is 15.2. The zero-order chi connectivity index (χ0) is 20.7. The third-order valence-electron chi connectivity index (χ3n) is 6.45. The van der Waals surface area contributed by atoms with Crippen LogP contribution in [0.5, 0.6) is 5.75 Å². The van der Waals surface area contributed by atoms with Crippen LogP contribution in [-0.4, -0.2) is 52.5 Å². The number of para-hydroxylation sites is 1. The number of hydrogen-bond donors (Lipinski definition) is 3. The van der Waals surface area contributed by atoms with E-state index in [1.807, 2.05) is 42.5 Å². The molecular weight excluding hydrogens is 384 g/mol. The summed E-state index contributed by atoms with van der Waals surface area (Å²) in [7, 11) is 0. The van der Waals surface area contributed by atoms with Gasteiger partial charge in [0.05, 0.1) is 17.4 Å². The van der Waals surface area contributed by atoms with Gasteiger partial charge in [0.25, 0.3) is 0 Å². The zero-order valence-corrected chi connectivity index (χ0v) is 16.7. The first-order chi connectivity index (χ1) is 14.5. The van der Waals surface area contributed by atoms with Crippen LogP contribution in [0.15, 0.2) is 48.5 Å². The normalized spacial score (nSPS) is 28.9. The Balaban J connectivity index is 1.19. The average molecular weight is 410 g/mol. The van der Waals surface area contributed by atoms with Crippen LogP contribution in [-0.2, 0) is 11.3 Å². The highest BCUT2D eigenvalue weighted by Crippen LogP contribution is 2.43. The number of cyclic esters (lactones) is 1. The lowest BCUT2D eigenvalue weighted by molar-refractivity contribution is 0.0178. The van der Waals surface area contributed by atoms with E-state index in [0.29, 0.717) is 19.5 Å². The van der Waals surface area contributed by atoms with Gasteiger partial charge in [-0.2, -0.15) is 0 Å². The summed E-state index contributed by atoms with van der Waals surface area (Å²) in [6.45, 7) is 1.94. The van der Waals surface area contributed by atoms with E-state index in [1.54, 1.807) is 6.07 Å². The molecule has 7 nitrogen and oxygen atoms in total. The lowest BCUT2D eigenvalue weighted by Gasteiger charge is -2.25. The molecule has 30 heavy (non-hydrogen) atoms. The predicted molar refractivity (Wildman–Crippen MR) is 110 cm³/mol. The molecule has 0 radical (unpaired) electrons. The molecule has 0 spiro atoms. The molecule has 2 aliphatic heterocycles. The van der Waals surface area contributed by atoms with Crippen LogP contribution in [0.3, 0.4) is 0 Å². The van der Waals surface area contributed by atoms with Crippen LogP contribution in [0.2, 0.25) is 0 Å². The van der Waals surface area contributed by atoms with Crippen molar-refractivity contribution in [2.75, 3.05) is 25.0 Å². The van der Waals surface area contributed by atoms with Gasteiger partial charge in [-0.15, -0.1) is 0 Å². The smallest absolute Gasteiger partial charge is 0.411 e. The van der Waals surface area contributed by atoms with Gasteiger partial charge in [0.2, 0.25) is 0 Å². The SMILES string of the molecule is O=C1Nc2ccc(C(O)CN3C[C@H]4C[C@H](Oc5ccccc5)C[C@@]4(O)C3)cc2CO1. The highest BCUT2D eigenvalue weighted by atomic mass is 16.5. The largest absolute Gasteiger partial charge is 0.490 e. The zero-order valence-electron chi connectivity index (χ0n) is 16.7. The maximum absolute atomic E-state index is 11.3. The number of hydrogen-bond acceptors (Lipinski definition) is 6. The molecule has 1 saturated carbocycles. The number of rotatable bonds is 5. The summed E-state index contributed by atoms with van der Waals surface area (Å²) in [6.07, 6.45) is 0.308. The number of nitrogens with zero attached hydrogens (tertiary/aromatic N) is 1. The van der Waals surface area contributed by atoms with E-state index in [0.717, 1.165) is 35.5 Å². The second-order valence-electron chi connectivity index (χ2n) is 8.62. The Hall–Kier alpha value is -2.61. The van der Waals surface area contributed by atoms with E-state index in [1.165, 1.54) is 0 Å². The van der Waals surface area contributed by atoms with Gasteiger partial charge in [-0.05, 0) is 36.2 Å². The minimum absolute atomic E-state index is 0.0188. The quantitative estimate of drug-likeness (QED) is 0.702. The van der Waals surface area contributed by atoms with Gasteiger partial charge in [0.1, 0.15) is 18.5 Å². The molecule has 3 aliphatic rings. The fourth-order valence-electron chi connectivity index (χ4n) is 5.00. The van der Waals surface area contributed by atoms with E-state index >= 15 is 0 Å². The summed E-state index contributed by atoms with van der Waals surface area (Å²) in [4.78, 5) is 13.4. The molecule has 1 aliphatic carbocycles. The number of aliphatic hydroxyl groups excluding tert-OH is 1. The number of carbonyl (C=O) groups excluding carboxylic acids is 1. The van der Waals surface area contributed by atoms with Crippen LogP contribution < -0.4 is 10.1 Å². The van der Waals surface area contributed by atoms with Crippen molar-refractivity contribution in [3.05, 3.63) is 59.7 Å². The number of β-amino-alcohol motifs (C(OH)–C–C–N with tert-alkyl or cyclic N) is 2. The standard InChI is InChI=1S/C23H26N2O5/c26-21(15-6-7-20-16(8-15)13-29-22(27)24-20)12-25-11-17-9-19(10-23(17,28)14-25)30-18-4-2-1-3-5-18/h1-8,17,19,21,26,28H,9-14H2,(H,24,27)/t17-,19+,21?,23-/m1/s1. The van der Waals surface area contributed by atoms with Gasteiger partial charge in [0.15, 0.2) is 0 Å². The maximum atomic E-state index is 11.3. The molecule has 2 aromatic carbocycles. The molecule has 7 heteroatoms. The van der Waals surface area contributed by atoms with Crippen molar-refractivity contribution < 1.29 is 24.5 Å². The molecular formula is C23H26N2O5. The third kappa shape index (κ3) is 3.76. The Kier molecular flexibility index (Phi) is 4.89. The average Bonchev–Trinajstić information content (AvgIpc) is 3.18. The first-order valence-corrected chi connectivity index (χ1v) is 10.4. The minimum atomic E-state index is -0.771. The Morgan fingerprint density at radius 2 is 2.10 bits per heavy atom. The fraction of sp³-hybridized carbons (Fsp3) is 0.435. The van der Waals surface area contributed by atoms with Crippen molar-refractivity contribution in [2.45, 2.75) is 37.3 Å². The van der Waals surface area contributed by atoms with Crippen LogP contribution in [0.1, 0.15) is 30.1 Å². The Morgan fingerprint density at radius 3 is 2.90 bits per heavy atom. The van der Waals surface area contributed by atoms with Gasteiger partial charge < -0.3 is 19.7 Å². The number of nitrogens with one attached hydrogen (secondary N) is 1. The molecule has 3 N–H and O–H groups in total. The van der Waals surface area contributed by atoms with Crippen molar-refractivity contribution in [3.63, 3.8) is 0 Å². The van der Waals surface area contributed by atoms with Gasteiger partial charge in [0, 0.05) is 37.5 Å². The van der Waals surface area contributed by atoms with E-state index in [4.69, 9.17) is 9.47 Å². The van der Waals surface area contributed by atoms with Crippen LogP contribution in [0.25, 0.3) is 0 Å². The summed E-state index contributed by atoms with van der Waals surface area (Å²) in [5.74, 6) is 0.983. The van der Waals surface area contributed by atoms with Gasteiger partial charge in [-0.1, -0.05) is 24.3 Å². The first kappa shape index (κ1) is 19.4. The Morgan fingerprint density at radius 1 is 1.27 bits per heavy atom. The highest BCUT2D eigenvalue weighted by Gasteiger charge is 2.52. The number of ether oxygens (including phenoxy) is 2. The predicted octanol–water partition coefficient (Wildman–Crippen LogP) is 2.69. The lowest BCUT2D eigenvalue weighted by Crippen LogP contribution is -2.36. The monoisotopic (exact) mass is 410 g/mol. The lowest BCUT2D eigenvalue weighted by atomic mass is 9.95. The molecule has 1 amide bonds. The third-order valence-corrected chi connectivity index (χ3v) is 6.45. The Labute approximate surface area is 175 Å². The van der Waals surface area contributed by atoms with E-state index in [9.17, 15) is 15.0 Å². The van der Waals surface area contributed by atoms with Crippen LogP contribution in [0, 0.1) is 5.92 Å². The molecule has 158 valence electrons. The van der Waals surface area contributed by atoms with Crippen molar-refractivity contribution >= 4 is 11.8 Å². The molecule has 1 unspecified atom stereocenters. The second kappa shape index (κ2) is 7.58. The summed E-state index contributed by atoms with van der Waals surface area (Å²) >= 11 is 0. The number of benzene rings is 2. The summed E-state index contributed by atoms with van der Waals surface area (Å²) in [5.41, 5.74) is 1.58. The van der Waals surface area contributed by atoms with Gasteiger partial charge >= 0.3 is 6.09 Å². The molecule has 0 aromatic heterocycles. The topological polar surface area (TPSA) is 91.3 Å². The minimum Gasteiger partial charge on any atom is -0.490 e. The number of likely N-dealkylation sites (tertiary alicyclic amines) is 1. The molecule has 4 atom stereocenters. The van der Waals surface area contributed by atoms with Crippen molar-refractivity contribution in [1.82, 2.24) is 4.90 Å². The number of amides is 1. The summed E-state index contributed by atoms with van der Waals surface area (Å²) < 4.78 is 11.1. The van der Waals surface area contributed by atoms with Crippen LogP contribution >= 0.6 is 0 Å². The van der Waals surface area contributed by atoms with Crippen molar-refractivity contribution in [2.24, 2.45) is 5.92 Å². The van der Waals surface area contributed by atoms with E-state index in [2.05, 4.69) is 10.2 Å². The fourth-order valence-corrected chi connectivity index (χ4v) is 5.00. The molecule has 2 fully saturated rings. The van der Waals surface area contributed by atoms with E-state index < -0.39 is 17.8 Å². The van der Waals surface area contributed by atoms with Crippen molar-refractivity contribution in [3.8, 4) is 5.75 Å². The number of fused-ring (bicyclic) bond motifs is 2. The summed E-state index contributed by atoms with van der Waals surface area (Å²) in [5, 5.41) is 24.6. The first-order valence-electron chi connectivity index (χ1n) is 10.4. The van der Waals surface area contributed by atoms with Crippen LogP contribution in [0.4, 0.5) is 10.5 Å². The molecule has 2 aromatic rings. The van der Waals surface area contributed by atoms with Gasteiger partial charge in [-0.25, -0.2) is 4.79 Å². The second-order valence-corrected chi connectivity index (χ2v) is 8.62. The number of aliphatic hydroxyl groups is 2. The number of anilines is 1. The number of carbonyl (C=O) groups is 1. The molecule has 0 bridgehead atoms. The van der Waals surface area contributed by atoms with Crippen molar-refractivity contribution in [1.29, 1.82) is 0 Å².